The molecule has 138 valence electrons. The summed E-state index contributed by atoms with van der Waals surface area (Å²) in [6, 6.07) is 10.9. The van der Waals surface area contributed by atoms with Gasteiger partial charge in [-0.25, -0.2) is 0 Å². The summed E-state index contributed by atoms with van der Waals surface area (Å²) in [6.45, 7) is 0.445. The quantitative estimate of drug-likeness (QED) is 0.748. The third-order valence-corrected chi connectivity index (χ3v) is 5.16. The lowest BCUT2D eigenvalue weighted by atomic mass is 10.1. The minimum atomic E-state index is -4.36. The van der Waals surface area contributed by atoms with Gasteiger partial charge in [0, 0.05) is 22.2 Å². The van der Waals surface area contributed by atoms with Gasteiger partial charge in [-0.15, -0.1) is 0 Å². The lowest BCUT2D eigenvalue weighted by Gasteiger charge is -2.24. The van der Waals surface area contributed by atoms with E-state index in [0.717, 1.165) is 11.1 Å². The molecular formula is C18H16ClF3N2OS. The second kappa shape index (κ2) is 7.50. The third-order valence-electron chi connectivity index (χ3n) is 4.19. The van der Waals surface area contributed by atoms with Gasteiger partial charge in [0.2, 0.25) is 5.91 Å². The number of carbonyl (C=O) groups is 1. The highest BCUT2D eigenvalue weighted by Crippen LogP contribution is 2.40. The molecule has 1 aliphatic rings. The number of nitrogens with one attached hydrogen (secondary N) is 1. The predicted molar refractivity (Wildman–Crippen MR) is 97.7 cm³/mol. The zero-order chi connectivity index (χ0) is 18.9. The van der Waals surface area contributed by atoms with Crippen molar-refractivity contribution in [1.29, 1.82) is 0 Å². The van der Waals surface area contributed by atoms with Gasteiger partial charge in [0.1, 0.15) is 6.04 Å². The van der Waals surface area contributed by atoms with Crippen molar-refractivity contribution in [3.8, 4) is 0 Å². The molecule has 1 atom stereocenters. The summed E-state index contributed by atoms with van der Waals surface area (Å²) in [5.41, 5.74) is -2.20. The maximum Gasteiger partial charge on any atom is 0.446 e. The fourth-order valence-corrected chi connectivity index (χ4v) is 3.73. The molecule has 2 aromatic rings. The van der Waals surface area contributed by atoms with Gasteiger partial charge < -0.3 is 10.2 Å². The van der Waals surface area contributed by atoms with E-state index >= 15 is 0 Å². The van der Waals surface area contributed by atoms with Crippen LogP contribution in [0, 0.1) is 0 Å². The molecule has 0 aliphatic carbocycles. The number of hydrogen-bond acceptors (Lipinski definition) is 3. The Balaban J connectivity index is 1.88. The third kappa shape index (κ3) is 4.16. The SMILES string of the molecule is CNC(C(=O)N1CCc2ccc(SC(F)(F)F)cc21)c1ccc(Cl)cc1. The molecule has 2 aromatic carbocycles. The minimum Gasteiger partial charge on any atom is -0.310 e. The monoisotopic (exact) mass is 400 g/mol. The second-order valence-corrected chi connectivity index (χ2v) is 7.43. The van der Waals surface area contributed by atoms with Crippen LogP contribution < -0.4 is 10.2 Å². The van der Waals surface area contributed by atoms with E-state index in [1.807, 2.05) is 0 Å². The van der Waals surface area contributed by atoms with Crippen LogP contribution in [0.1, 0.15) is 17.2 Å². The molecule has 0 spiro atoms. The molecule has 1 amide bonds. The van der Waals surface area contributed by atoms with Crippen LogP contribution in [-0.4, -0.2) is 25.0 Å². The van der Waals surface area contributed by atoms with Gasteiger partial charge in [-0.05, 0) is 60.6 Å². The number of amides is 1. The van der Waals surface area contributed by atoms with Gasteiger partial charge in [-0.2, -0.15) is 13.2 Å². The Hall–Kier alpha value is -1.70. The van der Waals surface area contributed by atoms with Gasteiger partial charge in [-0.1, -0.05) is 29.8 Å². The van der Waals surface area contributed by atoms with E-state index < -0.39 is 11.6 Å². The number of alkyl halides is 3. The van der Waals surface area contributed by atoms with Gasteiger partial charge in [0.15, 0.2) is 0 Å². The van der Waals surface area contributed by atoms with E-state index in [1.54, 1.807) is 42.3 Å². The first kappa shape index (κ1) is 19.1. The fourth-order valence-electron chi connectivity index (χ4n) is 3.03. The van der Waals surface area contributed by atoms with Crippen LogP contribution >= 0.6 is 23.4 Å². The Labute approximate surface area is 158 Å². The standard InChI is InChI=1S/C18H16ClF3N2OS/c1-23-16(12-2-5-13(19)6-3-12)17(25)24-9-8-11-4-7-14(10-15(11)24)26-18(20,21)22/h2-7,10,16,23H,8-9H2,1H3. The normalized spacial score (nSPS) is 15.0. The molecule has 0 saturated carbocycles. The highest BCUT2D eigenvalue weighted by molar-refractivity contribution is 8.00. The molecule has 0 fully saturated rings. The van der Waals surface area contributed by atoms with Crippen LogP contribution in [-0.2, 0) is 11.2 Å². The summed E-state index contributed by atoms with van der Waals surface area (Å²) in [5.74, 6) is -0.206. The van der Waals surface area contributed by atoms with Crippen molar-refractivity contribution in [2.45, 2.75) is 22.9 Å². The van der Waals surface area contributed by atoms with Crippen LogP contribution in [0.2, 0.25) is 5.02 Å². The molecule has 1 unspecified atom stereocenters. The first-order valence-electron chi connectivity index (χ1n) is 7.91. The fraction of sp³-hybridized carbons (Fsp3) is 0.278. The molecule has 0 bridgehead atoms. The number of thioether (sulfide) groups is 1. The summed E-state index contributed by atoms with van der Waals surface area (Å²) in [6.07, 6.45) is 0.620. The molecule has 8 heteroatoms. The smallest absolute Gasteiger partial charge is 0.310 e. The summed E-state index contributed by atoms with van der Waals surface area (Å²) in [7, 11) is 1.67. The summed E-state index contributed by atoms with van der Waals surface area (Å²) < 4.78 is 37.9. The molecule has 0 saturated heterocycles. The average Bonchev–Trinajstić information content (AvgIpc) is 2.98. The molecule has 0 radical (unpaired) electrons. The largest absolute Gasteiger partial charge is 0.446 e. The number of hydrogen-bond donors (Lipinski definition) is 1. The number of benzene rings is 2. The van der Waals surface area contributed by atoms with Gasteiger partial charge in [0.25, 0.3) is 0 Å². The summed E-state index contributed by atoms with van der Waals surface area (Å²) in [5, 5.41) is 3.54. The summed E-state index contributed by atoms with van der Waals surface area (Å²) in [4.78, 5) is 14.6. The predicted octanol–water partition coefficient (Wildman–Crippen LogP) is 4.80. The highest BCUT2D eigenvalue weighted by Gasteiger charge is 2.33. The zero-order valence-corrected chi connectivity index (χ0v) is 15.4. The maximum absolute atomic E-state index is 13.0. The van der Waals surface area contributed by atoms with E-state index in [-0.39, 0.29) is 22.6 Å². The van der Waals surface area contributed by atoms with E-state index in [9.17, 15) is 18.0 Å². The Bertz CT molecular complexity index is 811. The molecule has 3 nitrogen and oxygen atoms in total. The van der Waals surface area contributed by atoms with Crippen molar-refractivity contribution in [1.82, 2.24) is 5.32 Å². The Morgan fingerprint density at radius 2 is 1.92 bits per heavy atom. The van der Waals surface area contributed by atoms with Crippen LogP contribution in [0.15, 0.2) is 47.4 Å². The first-order valence-corrected chi connectivity index (χ1v) is 9.11. The van der Waals surface area contributed by atoms with Crippen LogP contribution in [0.25, 0.3) is 0 Å². The number of carbonyl (C=O) groups excluding carboxylic acids is 1. The molecule has 1 heterocycles. The molecular weight excluding hydrogens is 385 g/mol. The Morgan fingerprint density at radius 3 is 2.54 bits per heavy atom. The maximum atomic E-state index is 13.0. The zero-order valence-electron chi connectivity index (χ0n) is 13.8. The van der Waals surface area contributed by atoms with Crippen molar-refractivity contribution in [3.05, 3.63) is 58.6 Å². The Kier molecular flexibility index (Phi) is 5.50. The van der Waals surface area contributed by atoms with Crippen molar-refractivity contribution in [2.24, 2.45) is 0 Å². The van der Waals surface area contributed by atoms with Crippen LogP contribution in [0.4, 0.5) is 18.9 Å². The van der Waals surface area contributed by atoms with Crippen molar-refractivity contribution >= 4 is 35.0 Å². The second-order valence-electron chi connectivity index (χ2n) is 5.85. The van der Waals surface area contributed by atoms with Gasteiger partial charge in [0.05, 0.1) is 0 Å². The molecule has 26 heavy (non-hydrogen) atoms. The van der Waals surface area contributed by atoms with E-state index in [4.69, 9.17) is 11.6 Å². The molecule has 1 aliphatic heterocycles. The topological polar surface area (TPSA) is 32.3 Å². The van der Waals surface area contributed by atoms with E-state index in [1.165, 1.54) is 12.1 Å². The number of halogens is 4. The van der Waals surface area contributed by atoms with Gasteiger partial charge in [-0.3, -0.25) is 4.79 Å². The lowest BCUT2D eigenvalue weighted by Crippen LogP contribution is -2.39. The molecule has 3 rings (SSSR count). The average molecular weight is 401 g/mol. The summed E-state index contributed by atoms with van der Waals surface area (Å²) >= 11 is 5.72. The number of anilines is 1. The van der Waals surface area contributed by atoms with Crippen molar-refractivity contribution in [3.63, 3.8) is 0 Å². The minimum absolute atomic E-state index is 0.0726. The number of nitrogens with zero attached hydrogens (tertiary/aromatic N) is 1. The van der Waals surface area contributed by atoms with E-state index in [2.05, 4.69) is 5.32 Å². The number of fused-ring (bicyclic) bond motifs is 1. The number of rotatable bonds is 4. The van der Waals surface area contributed by atoms with Crippen molar-refractivity contribution in [2.75, 3.05) is 18.5 Å². The number of likely N-dealkylation sites (N-methyl/N-ethyl adjacent to an activating group) is 1. The first-order chi connectivity index (χ1) is 12.3. The molecule has 0 aromatic heterocycles. The van der Waals surface area contributed by atoms with Crippen molar-refractivity contribution < 1.29 is 18.0 Å². The van der Waals surface area contributed by atoms with Crippen LogP contribution in [0.5, 0.6) is 0 Å². The molecule has 1 N–H and O–H groups in total. The Morgan fingerprint density at radius 1 is 1.23 bits per heavy atom. The highest BCUT2D eigenvalue weighted by atomic mass is 35.5. The lowest BCUT2D eigenvalue weighted by molar-refractivity contribution is -0.120. The van der Waals surface area contributed by atoms with Crippen LogP contribution in [0.3, 0.4) is 0 Å². The van der Waals surface area contributed by atoms with E-state index in [0.29, 0.717) is 23.7 Å². The van der Waals surface area contributed by atoms with Gasteiger partial charge >= 0.3 is 5.51 Å².